The fraction of sp³-hybridized carbons (Fsp3) is 0.0435. The molecule has 4 nitrogen and oxygen atoms in total. The van der Waals surface area contributed by atoms with E-state index in [4.69, 9.17) is 9.47 Å². The minimum absolute atomic E-state index is 0.136. The second-order valence-electron chi connectivity index (χ2n) is 6.01. The lowest BCUT2D eigenvalue weighted by Crippen LogP contribution is -2.09. The third-order valence-electron chi connectivity index (χ3n) is 4.03. The Bertz CT molecular complexity index is 1060. The van der Waals surface area contributed by atoms with Crippen LogP contribution in [-0.2, 0) is 0 Å². The summed E-state index contributed by atoms with van der Waals surface area (Å²) in [6.45, 7) is 0. The zero-order chi connectivity index (χ0) is 20.8. The Labute approximate surface area is 175 Å². The average Bonchev–Trinajstić information content (AvgIpc) is 2.73. The molecule has 0 saturated heterocycles. The van der Waals surface area contributed by atoms with Gasteiger partial charge in [-0.2, -0.15) is 0 Å². The van der Waals surface area contributed by atoms with Crippen LogP contribution < -0.4 is 9.47 Å². The van der Waals surface area contributed by atoms with Crippen molar-refractivity contribution in [3.63, 3.8) is 0 Å². The fourth-order valence-corrected chi connectivity index (χ4v) is 2.76. The van der Waals surface area contributed by atoms with E-state index in [0.717, 1.165) is 4.47 Å². The van der Waals surface area contributed by atoms with Crippen molar-refractivity contribution in [3.05, 3.63) is 99.8 Å². The van der Waals surface area contributed by atoms with Gasteiger partial charge in [0.1, 0.15) is 5.82 Å². The standard InChI is InChI=1S/C23H16BrFO4/c1-28-22-14-15(2-12-20(26)16-4-8-18(24)9-5-16)3-13-21(22)29-23(27)17-6-10-19(25)11-7-17/h2-14H,1H3/b12-2+. The lowest BCUT2D eigenvalue weighted by molar-refractivity contribution is 0.0729. The van der Waals surface area contributed by atoms with Gasteiger partial charge in [0.05, 0.1) is 12.7 Å². The van der Waals surface area contributed by atoms with Gasteiger partial charge in [-0.15, -0.1) is 0 Å². The largest absolute Gasteiger partial charge is 0.493 e. The molecule has 0 aliphatic heterocycles. The van der Waals surface area contributed by atoms with Gasteiger partial charge in [0.15, 0.2) is 17.3 Å². The first-order chi connectivity index (χ1) is 14.0. The highest BCUT2D eigenvalue weighted by molar-refractivity contribution is 9.10. The van der Waals surface area contributed by atoms with Crippen molar-refractivity contribution in [2.24, 2.45) is 0 Å². The molecule has 29 heavy (non-hydrogen) atoms. The van der Waals surface area contributed by atoms with Crippen LogP contribution in [0.4, 0.5) is 4.39 Å². The Morgan fingerprint density at radius 2 is 1.55 bits per heavy atom. The number of halogens is 2. The fourth-order valence-electron chi connectivity index (χ4n) is 2.50. The Balaban J connectivity index is 1.74. The van der Waals surface area contributed by atoms with Crippen molar-refractivity contribution in [2.45, 2.75) is 0 Å². The summed E-state index contributed by atoms with van der Waals surface area (Å²) >= 11 is 3.33. The number of benzene rings is 3. The Morgan fingerprint density at radius 1 is 0.897 bits per heavy atom. The SMILES string of the molecule is COc1cc(/C=C/C(=O)c2ccc(Br)cc2)ccc1OC(=O)c1ccc(F)cc1. The molecular weight excluding hydrogens is 439 g/mol. The minimum Gasteiger partial charge on any atom is -0.493 e. The van der Waals surface area contributed by atoms with Crippen molar-refractivity contribution in [1.29, 1.82) is 0 Å². The van der Waals surface area contributed by atoms with E-state index in [1.807, 2.05) is 0 Å². The van der Waals surface area contributed by atoms with Crippen molar-refractivity contribution in [2.75, 3.05) is 7.11 Å². The molecule has 0 atom stereocenters. The second kappa shape index (κ2) is 9.30. The summed E-state index contributed by atoms with van der Waals surface area (Å²) in [6, 6.07) is 17.0. The number of hydrogen-bond donors (Lipinski definition) is 0. The number of hydrogen-bond acceptors (Lipinski definition) is 4. The summed E-state index contributed by atoms with van der Waals surface area (Å²) in [5.41, 5.74) is 1.49. The van der Waals surface area contributed by atoms with Gasteiger partial charge in [0.2, 0.25) is 0 Å². The molecule has 0 aromatic heterocycles. The van der Waals surface area contributed by atoms with Gasteiger partial charge in [0, 0.05) is 10.0 Å². The smallest absolute Gasteiger partial charge is 0.343 e. The van der Waals surface area contributed by atoms with Crippen LogP contribution in [0.15, 0.2) is 77.3 Å². The number of ketones is 1. The van der Waals surface area contributed by atoms with Crippen LogP contribution in [0.1, 0.15) is 26.3 Å². The molecule has 0 amide bonds. The molecule has 0 saturated carbocycles. The van der Waals surface area contributed by atoms with Crippen LogP contribution in [0, 0.1) is 5.82 Å². The number of rotatable bonds is 6. The van der Waals surface area contributed by atoms with Crippen molar-refractivity contribution < 1.29 is 23.5 Å². The van der Waals surface area contributed by atoms with E-state index in [1.165, 1.54) is 37.5 Å². The van der Waals surface area contributed by atoms with E-state index in [1.54, 1.807) is 48.5 Å². The minimum atomic E-state index is -0.628. The van der Waals surface area contributed by atoms with Crippen LogP contribution in [0.3, 0.4) is 0 Å². The van der Waals surface area contributed by atoms with Crippen molar-refractivity contribution in [1.82, 2.24) is 0 Å². The van der Waals surface area contributed by atoms with E-state index < -0.39 is 11.8 Å². The second-order valence-corrected chi connectivity index (χ2v) is 6.93. The highest BCUT2D eigenvalue weighted by Gasteiger charge is 2.13. The predicted molar refractivity (Wildman–Crippen MR) is 112 cm³/mol. The number of esters is 1. The van der Waals surface area contributed by atoms with E-state index in [-0.39, 0.29) is 17.1 Å². The van der Waals surface area contributed by atoms with E-state index in [2.05, 4.69) is 15.9 Å². The van der Waals surface area contributed by atoms with Gasteiger partial charge in [-0.25, -0.2) is 9.18 Å². The number of methoxy groups -OCH3 is 1. The molecule has 0 heterocycles. The van der Waals surface area contributed by atoms with E-state index >= 15 is 0 Å². The lowest BCUT2D eigenvalue weighted by Gasteiger charge is -2.10. The summed E-state index contributed by atoms with van der Waals surface area (Å²) < 4.78 is 24.5. The van der Waals surface area contributed by atoms with Crippen molar-refractivity contribution >= 4 is 33.8 Å². The summed E-state index contributed by atoms with van der Waals surface area (Å²) in [5.74, 6) is -0.648. The normalized spacial score (nSPS) is 10.7. The highest BCUT2D eigenvalue weighted by atomic mass is 79.9. The quantitative estimate of drug-likeness (QED) is 0.207. The molecule has 3 aromatic rings. The van der Waals surface area contributed by atoms with Gasteiger partial charge in [0.25, 0.3) is 0 Å². The Morgan fingerprint density at radius 3 is 2.21 bits per heavy atom. The monoisotopic (exact) mass is 454 g/mol. The molecule has 0 spiro atoms. The molecular formula is C23H16BrFO4. The Hall–Kier alpha value is -3.25. The first-order valence-corrected chi connectivity index (χ1v) is 9.39. The molecule has 146 valence electrons. The molecule has 0 bridgehead atoms. The number of allylic oxidation sites excluding steroid dienone is 1. The maximum Gasteiger partial charge on any atom is 0.343 e. The van der Waals surface area contributed by atoms with E-state index in [0.29, 0.717) is 16.9 Å². The van der Waals surface area contributed by atoms with Crippen LogP contribution in [-0.4, -0.2) is 18.9 Å². The summed E-state index contributed by atoms with van der Waals surface area (Å²) in [7, 11) is 1.45. The van der Waals surface area contributed by atoms with Crippen molar-refractivity contribution in [3.8, 4) is 11.5 Å². The van der Waals surface area contributed by atoms with Gasteiger partial charge < -0.3 is 9.47 Å². The average molecular weight is 455 g/mol. The van der Waals surface area contributed by atoms with Gasteiger partial charge in [-0.1, -0.05) is 28.1 Å². The van der Waals surface area contributed by atoms with Crippen LogP contribution in [0.25, 0.3) is 6.08 Å². The summed E-state index contributed by atoms with van der Waals surface area (Å²) in [4.78, 5) is 24.5. The molecule has 6 heteroatoms. The molecule has 0 fully saturated rings. The number of carbonyl (C=O) groups is 2. The first kappa shape index (κ1) is 20.5. The zero-order valence-electron chi connectivity index (χ0n) is 15.4. The third kappa shape index (κ3) is 5.39. The van der Waals surface area contributed by atoms with Crippen LogP contribution in [0.2, 0.25) is 0 Å². The van der Waals surface area contributed by atoms with Gasteiger partial charge in [-0.3, -0.25) is 4.79 Å². The van der Waals surface area contributed by atoms with Crippen LogP contribution >= 0.6 is 15.9 Å². The zero-order valence-corrected chi connectivity index (χ0v) is 17.0. The van der Waals surface area contributed by atoms with Gasteiger partial charge in [-0.05, 0) is 72.3 Å². The summed E-state index contributed by atoms with van der Waals surface area (Å²) in [6.07, 6.45) is 3.11. The number of carbonyl (C=O) groups excluding carboxylic acids is 2. The molecule has 3 aromatic carbocycles. The molecule has 0 unspecified atom stereocenters. The Kier molecular flexibility index (Phi) is 6.57. The molecule has 0 aliphatic rings. The van der Waals surface area contributed by atoms with Gasteiger partial charge >= 0.3 is 5.97 Å². The third-order valence-corrected chi connectivity index (χ3v) is 4.55. The maximum absolute atomic E-state index is 13.0. The first-order valence-electron chi connectivity index (χ1n) is 8.60. The van der Waals surface area contributed by atoms with Crippen LogP contribution in [0.5, 0.6) is 11.5 Å². The highest BCUT2D eigenvalue weighted by Crippen LogP contribution is 2.29. The molecule has 0 radical (unpaired) electrons. The molecule has 0 aliphatic carbocycles. The predicted octanol–water partition coefficient (Wildman–Crippen LogP) is 5.71. The topological polar surface area (TPSA) is 52.6 Å². The number of ether oxygens (including phenoxy) is 2. The lowest BCUT2D eigenvalue weighted by atomic mass is 10.1. The maximum atomic E-state index is 13.0. The van der Waals surface area contributed by atoms with E-state index in [9.17, 15) is 14.0 Å². The summed E-state index contributed by atoms with van der Waals surface area (Å²) in [5, 5.41) is 0. The molecule has 0 N–H and O–H groups in total. The molecule has 3 rings (SSSR count).